The summed E-state index contributed by atoms with van der Waals surface area (Å²) in [7, 11) is 1.57. The van der Waals surface area contributed by atoms with E-state index in [1.807, 2.05) is 18.2 Å². The maximum Gasteiger partial charge on any atom is 0.330 e. The van der Waals surface area contributed by atoms with Gasteiger partial charge in [0.25, 0.3) is 5.56 Å². The molecule has 6 nitrogen and oxygen atoms in total. The monoisotopic (exact) mass is 302 g/mol. The van der Waals surface area contributed by atoms with Gasteiger partial charge in [-0.3, -0.25) is 4.79 Å². The predicted octanol–water partition coefficient (Wildman–Crippen LogP) is 2.04. The number of rotatable bonds is 5. The Bertz CT molecular complexity index is 724. The van der Waals surface area contributed by atoms with Crippen LogP contribution in [0.15, 0.2) is 41.2 Å². The minimum Gasteiger partial charge on any atom is -0.496 e. The SMILES string of the molecule is CCOC(=O)[C@@H](C)n1nc(-c2ccccc2OC)ccc1=O. The normalized spacial score (nSPS) is 11.8. The van der Waals surface area contributed by atoms with Crippen molar-refractivity contribution in [3.05, 3.63) is 46.8 Å². The second-order valence-electron chi connectivity index (χ2n) is 4.63. The van der Waals surface area contributed by atoms with Crippen LogP contribution in [0.3, 0.4) is 0 Å². The molecule has 0 saturated heterocycles. The van der Waals surface area contributed by atoms with Gasteiger partial charge in [0.2, 0.25) is 0 Å². The Morgan fingerprint density at radius 3 is 2.68 bits per heavy atom. The van der Waals surface area contributed by atoms with E-state index in [0.717, 1.165) is 10.2 Å². The number of hydrogen-bond donors (Lipinski definition) is 0. The van der Waals surface area contributed by atoms with Gasteiger partial charge >= 0.3 is 5.97 Å². The van der Waals surface area contributed by atoms with Gasteiger partial charge in [-0.25, -0.2) is 9.48 Å². The Morgan fingerprint density at radius 1 is 1.27 bits per heavy atom. The van der Waals surface area contributed by atoms with Gasteiger partial charge in [-0.05, 0) is 32.0 Å². The highest BCUT2D eigenvalue weighted by Gasteiger charge is 2.19. The lowest BCUT2D eigenvalue weighted by atomic mass is 10.1. The smallest absolute Gasteiger partial charge is 0.330 e. The molecule has 0 amide bonds. The van der Waals surface area contributed by atoms with Gasteiger partial charge in [-0.2, -0.15) is 5.10 Å². The van der Waals surface area contributed by atoms with Crippen molar-refractivity contribution in [1.29, 1.82) is 0 Å². The molecule has 0 saturated carbocycles. The number of nitrogens with zero attached hydrogens (tertiary/aromatic N) is 2. The number of para-hydroxylation sites is 1. The molecule has 6 heteroatoms. The van der Waals surface area contributed by atoms with E-state index in [1.54, 1.807) is 33.1 Å². The summed E-state index contributed by atoms with van der Waals surface area (Å²) >= 11 is 0. The zero-order chi connectivity index (χ0) is 16.1. The molecule has 116 valence electrons. The molecule has 0 radical (unpaired) electrons. The third-order valence-electron chi connectivity index (χ3n) is 3.20. The molecule has 2 rings (SSSR count). The van der Waals surface area contributed by atoms with E-state index in [4.69, 9.17) is 9.47 Å². The van der Waals surface area contributed by atoms with Gasteiger partial charge in [0.1, 0.15) is 5.75 Å². The fraction of sp³-hybridized carbons (Fsp3) is 0.312. The number of hydrogen-bond acceptors (Lipinski definition) is 5. The van der Waals surface area contributed by atoms with Crippen molar-refractivity contribution in [2.75, 3.05) is 13.7 Å². The largest absolute Gasteiger partial charge is 0.496 e. The molecule has 22 heavy (non-hydrogen) atoms. The molecule has 2 aromatic rings. The molecule has 0 aliphatic rings. The quantitative estimate of drug-likeness (QED) is 0.790. The molecule has 0 bridgehead atoms. The second-order valence-corrected chi connectivity index (χ2v) is 4.63. The van der Waals surface area contributed by atoms with Crippen molar-refractivity contribution >= 4 is 5.97 Å². The van der Waals surface area contributed by atoms with Crippen LogP contribution in [0.4, 0.5) is 0 Å². The van der Waals surface area contributed by atoms with Crippen LogP contribution >= 0.6 is 0 Å². The Hall–Kier alpha value is -2.63. The average molecular weight is 302 g/mol. The summed E-state index contributed by atoms with van der Waals surface area (Å²) in [6.45, 7) is 3.55. The van der Waals surface area contributed by atoms with E-state index >= 15 is 0 Å². The lowest BCUT2D eigenvalue weighted by molar-refractivity contribution is -0.147. The van der Waals surface area contributed by atoms with Crippen molar-refractivity contribution in [3.63, 3.8) is 0 Å². The molecule has 1 aromatic heterocycles. The van der Waals surface area contributed by atoms with E-state index in [1.165, 1.54) is 6.07 Å². The first-order chi connectivity index (χ1) is 10.6. The van der Waals surface area contributed by atoms with Crippen LogP contribution in [0.25, 0.3) is 11.3 Å². The molecule has 0 spiro atoms. The number of methoxy groups -OCH3 is 1. The standard InChI is InChI=1S/C16H18N2O4/c1-4-22-16(20)11(2)18-15(19)10-9-13(17-18)12-7-5-6-8-14(12)21-3/h5-11H,4H2,1-3H3/t11-/m1/s1. The van der Waals surface area contributed by atoms with Crippen LogP contribution < -0.4 is 10.3 Å². The van der Waals surface area contributed by atoms with Gasteiger partial charge in [-0.1, -0.05) is 12.1 Å². The Kier molecular flexibility index (Phi) is 4.93. The molecule has 0 unspecified atom stereocenters. The zero-order valence-corrected chi connectivity index (χ0v) is 12.8. The minimum atomic E-state index is -0.790. The molecule has 0 aliphatic heterocycles. The van der Waals surface area contributed by atoms with Gasteiger partial charge in [-0.15, -0.1) is 0 Å². The van der Waals surface area contributed by atoms with Crippen LogP contribution in [0.1, 0.15) is 19.9 Å². The molecule has 1 aromatic carbocycles. The van der Waals surface area contributed by atoms with Crippen molar-refractivity contribution in [1.82, 2.24) is 9.78 Å². The first kappa shape index (κ1) is 15.8. The first-order valence-corrected chi connectivity index (χ1v) is 6.98. The number of carbonyl (C=O) groups excluding carboxylic acids is 1. The highest BCUT2D eigenvalue weighted by Crippen LogP contribution is 2.27. The highest BCUT2D eigenvalue weighted by molar-refractivity contribution is 5.73. The Balaban J connectivity index is 2.47. The summed E-state index contributed by atoms with van der Waals surface area (Å²) in [5.41, 5.74) is 0.933. The average Bonchev–Trinajstić information content (AvgIpc) is 2.55. The zero-order valence-electron chi connectivity index (χ0n) is 12.8. The third kappa shape index (κ3) is 3.16. The molecule has 1 heterocycles. The van der Waals surface area contributed by atoms with E-state index in [-0.39, 0.29) is 12.2 Å². The number of esters is 1. The van der Waals surface area contributed by atoms with E-state index in [2.05, 4.69) is 5.10 Å². The minimum absolute atomic E-state index is 0.254. The van der Waals surface area contributed by atoms with Crippen molar-refractivity contribution < 1.29 is 14.3 Å². The maximum absolute atomic E-state index is 12.0. The maximum atomic E-state index is 12.0. The molecular formula is C16H18N2O4. The Labute approximate surface area is 128 Å². The number of aromatic nitrogens is 2. The summed E-state index contributed by atoms with van der Waals surface area (Å²) in [6.07, 6.45) is 0. The van der Waals surface area contributed by atoms with Crippen LogP contribution in [0.2, 0.25) is 0 Å². The van der Waals surface area contributed by atoms with E-state index in [0.29, 0.717) is 11.4 Å². The fourth-order valence-electron chi connectivity index (χ4n) is 2.07. The first-order valence-electron chi connectivity index (χ1n) is 6.98. The molecular weight excluding hydrogens is 284 g/mol. The summed E-state index contributed by atoms with van der Waals surface area (Å²) in [4.78, 5) is 23.8. The fourth-order valence-corrected chi connectivity index (χ4v) is 2.07. The van der Waals surface area contributed by atoms with Gasteiger partial charge in [0, 0.05) is 11.6 Å². The van der Waals surface area contributed by atoms with Gasteiger partial charge in [0.15, 0.2) is 6.04 Å². The topological polar surface area (TPSA) is 70.4 Å². The van der Waals surface area contributed by atoms with Gasteiger partial charge in [0.05, 0.1) is 19.4 Å². The molecule has 1 atom stereocenters. The van der Waals surface area contributed by atoms with E-state index < -0.39 is 12.0 Å². The molecule has 0 aliphatic carbocycles. The van der Waals surface area contributed by atoms with Gasteiger partial charge < -0.3 is 9.47 Å². The van der Waals surface area contributed by atoms with Crippen molar-refractivity contribution in [2.24, 2.45) is 0 Å². The molecule has 0 N–H and O–H groups in total. The van der Waals surface area contributed by atoms with Crippen LogP contribution in [0, 0.1) is 0 Å². The van der Waals surface area contributed by atoms with Crippen LogP contribution in [-0.2, 0) is 9.53 Å². The second kappa shape index (κ2) is 6.89. The Morgan fingerprint density at radius 2 is 2.00 bits per heavy atom. The highest BCUT2D eigenvalue weighted by atomic mass is 16.5. The summed E-state index contributed by atoms with van der Waals surface area (Å²) in [5, 5.41) is 4.28. The van der Waals surface area contributed by atoms with Crippen molar-refractivity contribution in [3.8, 4) is 17.0 Å². The van der Waals surface area contributed by atoms with Crippen LogP contribution in [0.5, 0.6) is 5.75 Å². The summed E-state index contributed by atoms with van der Waals surface area (Å²) < 4.78 is 11.4. The lowest BCUT2D eigenvalue weighted by Gasteiger charge is -2.14. The lowest BCUT2D eigenvalue weighted by Crippen LogP contribution is -2.31. The van der Waals surface area contributed by atoms with Crippen molar-refractivity contribution in [2.45, 2.75) is 19.9 Å². The summed E-state index contributed by atoms with van der Waals surface area (Å²) in [5.74, 6) is 0.151. The molecule has 0 fully saturated rings. The number of ether oxygens (including phenoxy) is 2. The predicted molar refractivity (Wildman–Crippen MR) is 81.8 cm³/mol. The number of benzene rings is 1. The van der Waals surface area contributed by atoms with E-state index in [9.17, 15) is 9.59 Å². The van der Waals surface area contributed by atoms with Crippen LogP contribution in [-0.4, -0.2) is 29.5 Å². The number of carbonyl (C=O) groups is 1. The summed E-state index contributed by atoms with van der Waals surface area (Å²) in [6, 6.07) is 9.54. The third-order valence-corrected chi connectivity index (χ3v) is 3.20.